The first kappa shape index (κ1) is 13.8. The van der Waals surface area contributed by atoms with Crippen LogP contribution in [0.15, 0.2) is 18.3 Å². The fraction of sp³-hybridized carbons (Fsp3) is 0.571. The molecule has 1 aromatic heterocycles. The van der Waals surface area contributed by atoms with Gasteiger partial charge in [0.25, 0.3) is 5.91 Å². The molecule has 0 aliphatic carbocycles. The zero-order chi connectivity index (χ0) is 13.5. The Hall–Kier alpha value is -1.62. The van der Waals surface area contributed by atoms with Crippen molar-refractivity contribution in [2.45, 2.75) is 19.3 Å². The minimum Gasteiger partial charge on any atom is -0.385 e. The van der Waals surface area contributed by atoms with Crippen LogP contribution >= 0.6 is 0 Å². The van der Waals surface area contributed by atoms with Crippen molar-refractivity contribution in [2.75, 3.05) is 38.3 Å². The number of hydrogen-bond donors (Lipinski definition) is 1. The highest BCUT2D eigenvalue weighted by molar-refractivity contribution is 5.98. The number of pyridine rings is 1. The van der Waals surface area contributed by atoms with E-state index in [9.17, 15) is 4.79 Å². The van der Waals surface area contributed by atoms with Crippen molar-refractivity contribution in [2.24, 2.45) is 0 Å². The van der Waals surface area contributed by atoms with Gasteiger partial charge in [-0.05, 0) is 31.4 Å². The van der Waals surface area contributed by atoms with Crippen LogP contribution in [0, 0.1) is 0 Å². The van der Waals surface area contributed by atoms with Crippen LogP contribution < -0.4 is 10.2 Å². The van der Waals surface area contributed by atoms with Gasteiger partial charge in [-0.1, -0.05) is 0 Å². The molecular weight excluding hydrogens is 242 g/mol. The SMILES string of the molecule is COCCCNC(=O)c1cccnc1N1CCCC1. The average molecular weight is 263 g/mol. The van der Waals surface area contributed by atoms with Gasteiger partial charge in [0.1, 0.15) is 5.82 Å². The molecule has 1 aliphatic rings. The summed E-state index contributed by atoms with van der Waals surface area (Å²) in [5.74, 6) is 0.760. The van der Waals surface area contributed by atoms with E-state index < -0.39 is 0 Å². The number of nitrogens with zero attached hydrogens (tertiary/aromatic N) is 2. The molecule has 104 valence electrons. The Labute approximate surface area is 114 Å². The fourth-order valence-corrected chi connectivity index (χ4v) is 2.27. The van der Waals surface area contributed by atoms with E-state index in [1.807, 2.05) is 12.1 Å². The van der Waals surface area contributed by atoms with Crippen molar-refractivity contribution in [3.05, 3.63) is 23.9 Å². The second kappa shape index (κ2) is 7.09. The van der Waals surface area contributed by atoms with Crippen molar-refractivity contribution >= 4 is 11.7 Å². The molecule has 1 aliphatic heterocycles. The Morgan fingerprint density at radius 2 is 2.26 bits per heavy atom. The Bertz CT molecular complexity index is 417. The van der Waals surface area contributed by atoms with Crippen molar-refractivity contribution < 1.29 is 9.53 Å². The van der Waals surface area contributed by atoms with E-state index in [-0.39, 0.29) is 5.91 Å². The number of nitrogens with one attached hydrogen (secondary N) is 1. The van der Waals surface area contributed by atoms with Gasteiger partial charge in [0, 0.05) is 39.5 Å². The third kappa shape index (κ3) is 3.67. The van der Waals surface area contributed by atoms with Crippen LogP contribution in [0.3, 0.4) is 0 Å². The van der Waals surface area contributed by atoms with Crippen LogP contribution in [0.5, 0.6) is 0 Å². The maximum Gasteiger partial charge on any atom is 0.255 e. The minimum atomic E-state index is -0.0499. The average Bonchev–Trinajstić information content (AvgIpc) is 2.97. The zero-order valence-corrected chi connectivity index (χ0v) is 11.4. The molecule has 0 saturated carbocycles. The third-order valence-corrected chi connectivity index (χ3v) is 3.25. The number of carbonyl (C=O) groups excluding carboxylic acids is 1. The number of aromatic nitrogens is 1. The molecule has 19 heavy (non-hydrogen) atoms. The highest BCUT2D eigenvalue weighted by Gasteiger charge is 2.20. The molecule has 1 amide bonds. The Morgan fingerprint density at radius 3 is 3.00 bits per heavy atom. The summed E-state index contributed by atoms with van der Waals surface area (Å²) in [6.07, 6.45) is 4.91. The van der Waals surface area contributed by atoms with E-state index in [0.717, 1.165) is 25.3 Å². The number of anilines is 1. The molecular formula is C14H21N3O2. The topological polar surface area (TPSA) is 54.5 Å². The van der Waals surface area contributed by atoms with E-state index in [2.05, 4.69) is 15.2 Å². The van der Waals surface area contributed by atoms with Crippen LogP contribution in [0.2, 0.25) is 0 Å². The number of rotatable bonds is 6. The van der Waals surface area contributed by atoms with E-state index in [4.69, 9.17) is 4.74 Å². The summed E-state index contributed by atoms with van der Waals surface area (Å²) in [4.78, 5) is 18.7. The molecule has 5 nitrogen and oxygen atoms in total. The molecule has 2 heterocycles. The number of methoxy groups -OCH3 is 1. The number of ether oxygens (including phenoxy) is 1. The van der Waals surface area contributed by atoms with Crippen molar-refractivity contribution in [1.29, 1.82) is 0 Å². The van der Waals surface area contributed by atoms with E-state index in [1.165, 1.54) is 12.8 Å². The number of carbonyl (C=O) groups is 1. The van der Waals surface area contributed by atoms with Gasteiger partial charge in [0.2, 0.25) is 0 Å². The lowest BCUT2D eigenvalue weighted by Crippen LogP contribution is -2.29. The van der Waals surface area contributed by atoms with Gasteiger partial charge in [-0.25, -0.2) is 4.98 Å². The maximum absolute atomic E-state index is 12.2. The quantitative estimate of drug-likeness (QED) is 0.789. The van der Waals surface area contributed by atoms with Crippen LogP contribution in [0.25, 0.3) is 0 Å². The smallest absolute Gasteiger partial charge is 0.255 e. The Morgan fingerprint density at radius 1 is 1.47 bits per heavy atom. The first-order valence-electron chi connectivity index (χ1n) is 6.80. The summed E-state index contributed by atoms with van der Waals surface area (Å²) < 4.78 is 4.96. The number of hydrogen-bond acceptors (Lipinski definition) is 4. The first-order chi connectivity index (χ1) is 9.33. The monoisotopic (exact) mass is 263 g/mol. The van der Waals surface area contributed by atoms with Crippen molar-refractivity contribution in [3.8, 4) is 0 Å². The van der Waals surface area contributed by atoms with Crippen LogP contribution in [0.4, 0.5) is 5.82 Å². The highest BCUT2D eigenvalue weighted by Crippen LogP contribution is 2.21. The lowest BCUT2D eigenvalue weighted by Gasteiger charge is -2.19. The largest absolute Gasteiger partial charge is 0.385 e. The molecule has 0 aromatic carbocycles. The van der Waals surface area contributed by atoms with E-state index in [0.29, 0.717) is 18.7 Å². The van der Waals surface area contributed by atoms with E-state index >= 15 is 0 Å². The van der Waals surface area contributed by atoms with Gasteiger partial charge in [-0.15, -0.1) is 0 Å². The molecule has 0 radical (unpaired) electrons. The molecule has 5 heteroatoms. The molecule has 1 aromatic rings. The molecule has 1 saturated heterocycles. The Kier molecular flexibility index (Phi) is 5.15. The van der Waals surface area contributed by atoms with E-state index in [1.54, 1.807) is 13.3 Å². The molecule has 1 N–H and O–H groups in total. The summed E-state index contributed by atoms with van der Waals surface area (Å²) in [5.41, 5.74) is 0.668. The molecule has 0 atom stereocenters. The van der Waals surface area contributed by atoms with Gasteiger partial charge in [0.15, 0.2) is 0 Å². The molecule has 2 rings (SSSR count). The van der Waals surface area contributed by atoms with Gasteiger partial charge in [-0.3, -0.25) is 4.79 Å². The predicted molar refractivity (Wildman–Crippen MR) is 74.5 cm³/mol. The molecule has 1 fully saturated rings. The second-order valence-corrected chi connectivity index (χ2v) is 4.67. The maximum atomic E-state index is 12.2. The highest BCUT2D eigenvalue weighted by atomic mass is 16.5. The van der Waals surface area contributed by atoms with Gasteiger partial charge >= 0.3 is 0 Å². The molecule has 0 spiro atoms. The van der Waals surface area contributed by atoms with Crippen LogP contribution in [0.1, 0.15) is 29.6 Å². The fourth-order valence-electron chi connectivity index (χ4n) is 2.27. The minimum absolute atomic E-state index is 0.0499. The summed E-state index contributed by atoms with van der Waals surface area (Å²) >= 11 is 0. The standard InChI is InChI=1S/C14H21N3O2/c1-19-11-5-8-16-14(18)12-6-4-7-15-13(12)17-9-2-3-10-17/h4,6-7H,2-3,5,8-11H2,1H3,(H,16,18). The second-order valence-electron chi connectivity index (χ2n) is 4.67. The first-order valence-corrected chi connectivity index (χ1v) is 6.80. The summed E-state index contributed by atoms with van der Waals surface area (Å²) in [5, 5.41) is 2.91. The van der Waals surface area contributed by atoms with Crippen molar-refractivity contribution in [3.63, 3.8) is 0 Å². The van der Waals surface area contributed by atoms with Gasteiger partial charge in [-0.2, -0.15) is 0 Å². The molecule has 0 unspecified atom stereocenters. The summed E-state index contributed by atoms with van der Waals surface area (Å²) in [7, 11) is 1.66. The third-order valence-electron chi connectivity index (χ3n) is 3.25. The summed E-state index contributed by atoms with van der Waals surface area (Å²) in [6, 6.07) is 3.65. The normalized spacial score (nSPS) is 14.7. The van der Waals surface area contributed by atoms with Crippen molar-refractivity contribution in [1.82, 2.24) is 10.3 Å². The lowest BCUT2D eigenvalue weighted by molar-refractivity contribution is 0.0949. The zero-order valence-electron chi connectivity index (χ0n) is 11.4. The van der Waals surface area contributed by atoms with Crippen LogP contribution in [-0.2, 0) is 4.74 Å². The predicted octanol–water partition coefficient (Wildman–Crippen LogP) is 1.45. The number of amides is 1. The van der Waals surface area contributed by atoms with Crippen LogP contribution in [-0.4, -0.2) is 44.2 Å². The van der Waals surface area contributed by atoms with Gasteiger partial charge in [0.05, 0.1) is 5.56 Å². The van der Waals surface area contributed by atoms with Gasteiger partial charge < -0.3 is 15.0 Å². The Balaban J connectivity index is 2.00. The summed E-state index contributed by atoms with van der Waals surface area (Å²) in [6.45, 7) is 3.26. The lowest BCUT2D eigenvalue weighted by atomic mass is 10.2. The molecule has 0 bridgehead atoms.